The lowest BCUT2D eigenvalue weighted by Crippen LogP contribution is -2.32. The highest BCUT2D eigenvalue weighted by Gasteiger charge is 2.29. The number of rotatable bonds is 6. The molecule has 1 aliphatic rings. The Labute approximate surface area is 157 Å². The van der Waals surface area contributed by atoms with Crippen LogP contribution in [0.25, 0.3) is 0 Å². The Morgan fingerprint density at radius 2 is 2.15 bits per heavy atom. The number of thiophene rings is 1. The van der Waals surface area contributed by atoms with Crippen LogP contribution in [0.1, 0.15) is 51.7 Å². The van der Waals surface area contributed by atoms with E-state index >= 15 is 0 Å². The highest BCUT2D eigenvalue weighted by molar-refractivity contribution is 7.14. The Balaban J connectivity index is 1.68. The number of carbonyl (C=O) groups excluding carboxylic acids is 2. The van der Waals surface area contributed by atoms with Crippen molar-refractivity contribution in [2.75, 3.05) is 18.4 Å². The first-order chi connectivity index (χ1) is 12.4. The van der Waals surface area contributed by atoms with Gasteiger partial charge in [-0.3, -0.25) is 19.2 Å². The van der Waals surface area contributed by atoms with Gasteiger partial charge in [-0.15, -0.1) is 11.3 Å². The number of amides is 2. The molecule has 8 heteroatoms. The average Bonchev–Trinajstić information content (AvgIpc) is 3.30. The molecule has 0 radical (unpaired) electrons. The lowest BCUT2D eigenvalue weighted by Gasteiger charge is -2.23. The predicted octanol–water partition coefficient (Wildman–Crippen LogP) is 2.46. The van der Waals surface area contributed by atoms with E-state index in [9.17, 15) is 9.59 Å². The summed E-state index contributed by atoms with van der Waals surface area (Å²) in [6.07, 6.45) is 2.02. The van der Waals surface area contributed by atoms with Crippen molar-refractivity contribution in [2.24, 2.45) is 5.73 Å². The molecule has 3 heterocycles. The van der Waals surface area contributed by atoms with Crippen LogP contribution in [-0.4, -0.2) is 39.6 Å². The molecule has 0 unspecified atom stereocenters. The average molecular weight is 375 g/mol. The van der Waals surface area contributed by atoms with Gasteiger partial charge in [-0.25, -0.2) is 0 Å². The summed E-state index contributed by atoms with van der Waals surface area (Å²) < 4.78 is 1.89. The fourth-order valence-corrected chi connectivity index (χ4v) is 4.58. The summed E-state index contributed by atoms with van der Waals surface area (Å²) in [5, 5.41) is 7.46. The molecular formula is C18H25N5O2S. The van der Waals surface area contributed by atoms with Crippen LogP contribution in [0.5, 0.6) is 0 Å². The number of anilines is 1. The van der Waals surface area contributed by atoms with E-state index in [-0.39, 0.29) is 11.9 Å². The van der Waals surface area contributed by atoms with Crippen molar-refractivity contribution in [2.45, 2.75) is 46.2 Å². The zero-order chi connectivity index (χ0) is 18.8. The van der Waals surface area contributed by atoms with Crippen molar-refractivity contribution >= 4 is 28.8 Å². The Hall–Kier alpha value is -2.19. The van der Waals surface area contributed by atoms with Gasteiger partial charge in [-0.05, 0) is 52.3 Å². The van der Waals surface area contributed by atoms with Crippen LogP contribution in [0.3, 0.4) is 0 Å². The number of nitrogens with two attached hydrogens (primary N) is 1. The number of likely N-dealkylation sites (tertiary alicyclic amines) is 1. The van der Waals surface area contributed by atoms with Crippen LogP contribution in [0.4, 0.5) is 5.69 Å². The predicted molar refractivity (Wildman–Crippen MR) is 102 cm³/mol. The molecule has 140 valence electrons. The molecule has 2 aromatic heterocycles. The van der Waals surface area contributed by atoms with Crippen molar-refractivity contribution < 1.29 is 9.59 Å². The Morgan fingerprint density at radius 1 is 1.38 bits per heavy atom. The zero-order valence-corrected chi connectivity index (χ0v) is 16.2. The van der Waals surface area contributed by atoms with Crippen molar-refractivity contribution in [3.8, 4) is 0 Å². The van der Waals surface area contributed by atoms with E-state index in [0.29, 0.717) is 11.4 Å². The van der Waals surface area contributed by atoms with Crippen LogP contribution >= 0.6 is 11.3 Å². The standard InChI is InChI=1S/C18H25N5O2S/c1-4-23-12(3)17(11(2)21-23)20-16(24)10-22-9-5-6-13(22)14-7-8-15(26-14)18(19)25/h7-8,13H,4-6,9-10H2,1-3H3,(H2,19,25)(H,20,24)/t13-/m1/s1. The first kappa shape index (κ1) is 18.6. The largest absolute Gasteiger partial charge is 0.365 e. The van der Waals surface area contributed by atoms with Crippen LogP contribution in [0.2, 0.25) is 0 Å². The molecule has 0 spiro atoms. The van der Waals surface area contributed by atoms with Crippen LogP contribution < -0.4 is 11.1 Å². The van der Waals surface area contributed by atoms with Crippen molar-refractivity contribution in [3.63, 3.8) is 0 Å². The number of aryl methyl sites for hydroxylation is 2. The van der Waals surface area contributed by atoms with E-state index in [1.54, 1.807) is 6.07 Å². The number of nitrogens with one attached hydrogen (secondary N) is 1. The first-order valence-corrected chi connectivity index (χ1v) is 9.69. The molecule has 7 nitrogen and oxygen atoms in total. The van der Waals surface area contributed by atoms with Gasteiger partial charge >= 0.3 is 0 Å². The van der Waals surface area contributed by atoms with Gasteiger partial charge in [0.05, 0.1) is 28.5 Å². The third-order valence-corrected chi connectivity index (χ3v) is 6.05. The van der Waals surface area contributed by atoms with Crippen molar-refractivity contribution in [1.29, 1.82) is 0 Å². The van der Waals surface area contributed by atoms with Gasteiger partial charge in [0.15, 0.2) is 0 Å². The fraction of sp³-hybridized carbons (Fsp3) is 0.500. The van der Waals surface area contributed by atoms with E-state index in [4.69, 9.17) is 5.73 Å². The summed E-state index contributed by atoms with van der Waals surface area (Å²) in [4.78, 5) is 27.8. The topological polar surface area (TPSA) is 93.2 Å². The lowest BCUT2D eigenvalue weighted by molar-refractivity contribution is -0.117. The van der Waals surface area contributed by atoms with E-state index < -0.39 is 5.91 Å². The van der Waals surface area contributed by atoms with Crippen molar-refractivity contribution in [1.82, 2.24) is 14.7 Å². The van der Waals surface area contributed by atoms with Gasteiger partial charge in [0.2, 0.25) is 5.91 Å². The Bertz CT molecular complexity index is 826. The van der Waals surface area contributed by atoms with Gasteiger partial charge in [-0.1, -0.05) is 0 Å². The molecule has 3 N–H and O–H groups in total. The SMILES string of the molecule is CCn1nc(C)c(NC(=O)CN2CCC[C@@H]2c2ccc(C(N)=O)s2)c1C. The molecule has 3 rings (SSSR count). The Morgan fingerprint density at radius 3 is 2.77 bits per heavy atom. The second kappa shape index (κ2) is 7.59. The van der Waals surface area contributed by atoms with Gasteiger partial charge in [0, 0.05) is 17.5 Å². The number of primary amides is 1. The minimum atomic E-state index is -0.401. The van der Waals surface area contributed by atoms with Crippen molar-refractivity contribution in [3.05, 3.63) is 33.3 Å². The van der Waals surface area contributed by atoms with Crippen LogP contribution in [0.15, 0.2) is 12.1 Å². The summed E-state index contributed by atoms with van der Waals surface area (Å²) in [6, 6.07) is 3.88. The molecule has 2 aromatic rings. The summed E-state index contributed by atoms with van der Waals surface area (Å²) in [6.45, 7) is 7.87. The summed E-state index contributed by atoms with van der Waals surface area (Å²) in [5.41, 5.74) is 7.97. The molecule has 1 aliphatic heterocycles. The third kappa shape index (κ3) is 3.66. The molecule has 0 aromatic carbocycles. The maximum Gasteiger partial charge on any atom is 0.258 e. The minimum Gasteiger partial charge on any atom is -0.365 e. The second-order valence-corrected chi connectivity index (χ2v) is 7.72. The fourth-order valence-electron chi connectivity index (χ4n) is 3.55. The highest BCUT2D eigenvalue weighted by atomic mass is 32.1. The summed E-state index contributed by atoms with van der Waals surface area (Å²) >= 11 is 1.42. The number of carbonyl (C=O) groups is 2. The second-order valence-electron chi connectivity index (χ2n) is 6.60. The molecule has 1 atom stereocenters. The minimum absolute atomic E-state index is 0.0366. The molecule has 1 saturated heterocycles. The van der Waals surface area contributed by atoms with Gasteiger partial charge < -0.3 is 11.1 Å². The number of aromatic nitrogens is 2. The highest BCUT2D eigenvalue weighted by Crippen LogP contribution is 2.35. The quantitative estimate of drug-likeness (QED) is 0.811. The molecule has 26 heavy (non-hydrogen) atoms. The van der Waals surface area contributed by atoms with Crippen LogP contribution in [-0.2, 0) is 11.3 Å². The van der Waals surface area contributed by atoms with Gasteiger partial charge in [-0.2, -0.15) is 5.10 Å². The zero-order valence-electron chi connectivity index (χ0n) is 15.4. The summed E-state index contributed by atoms with van der Waals surface area (Å²) in [7, 11) is 0. The van der Waals surface area contributed by atoms with E-state index in [1.807, 2.05) is 31.5 Å². The van der Waals surface area contributed by atoms with Crippen LogP contribution in [0, 0.1) is 13.8 Å². The van der Waals surface area contributed by atoms with E-state index in [1.165, 1.54) is 11.3 Å². The molecule has 0 bridgehead atoms. The first-order valence-electron chi connectivity index (χ1n) is 8.88. The normalized spacial score (nSPS) is 17.6. The molecule has 0 aliphatic carbocycles. The van der Waals surface area contributed by atoms with E-state index in [2.05, 4.69) is 15.3 Å². The molecule has 1 fully saturated rings. The van der Waals surface area contributed by atoms with Gasteiger partial charge in [0.25, 0.3) is 5.91 Å². The monoisotopic (exact) mass is 375 g/mol. The maximum atomic E-state index is 12.6. The molecule has 2 amide bonds. The van der Waals surface area contributed by atoms with Gasteiger partial charge in [0.1, 0.15) is 0 Å². The number of nitrogens with zero attached hydrogens (tertiary/aromatic N) is 3. The third-order valence-electron chi connectivity index (χ3n) is 4.85. The maximum absolute atomic E-state index is 12.6. The number of hydrogen-bond donors (Lipinski definition) is 2. The molecular weight excluding hydrogens is 350 g/mol. The van der Waals surface area contributed by atoms with E-state index in [0.717, 1.165) is 47.9 Å². The number of hydrogen-bond acceptors (Lipinski definition) is 5. The Kier molecular flexibility index (Phi) is 5.43. The molecule has 0 saturated carbocycles. The summed E-state index contributed by atoms with van der Waals surface area (Å²) in [5.74, 6) is -0.437. The lowest BCUT2D eigenvalue weighted by atomic mass is 10.2. The smallest absolute Gasteiger partial charge is 0.258 e.